The molecule has 0 heterocycles. The summed E-state index contributed by atoms with van der Waals surface area (Å²) in [5, 5.41) is 3.74. The summed E-state index contributed by atoms with van der Waals surface area (Å²) >= 11 is 0. The molecule has 1 atom stereocenters. The number of unbranched alkanes of at least 4 members (excludes halogenated alkanes) is 2. The summed E-state index contributed by atoms with van der Waals surface area (Å²) in [6.07, 6.45) is 18.6. The Kier molecular flexibility index (Phi) is 16.0. The Morgan fingerprint density at radius 3 is 2.18 bits per heavy atom. The van der Waals surface area contributed by atoms with Crippen LogP contribution in [0.2, 0.25) is 0 Å². The first-order chi connectivity index (χ1) is 18.1. The lowest BCUT2D eigenvalue weighted by Crippen LogP contribution is -2.26. The van der Waals surface area contributed by atoms with E-state index in [0.717, 1.165) is 60.5 Å². The summed E-state index contributed by atoms with van der Waals surface area (Å²) in [6, 6.07) is 6.65. The Labute approximate surface area is 234 Å². The fourth-order valence-corrected chi connectivity index (χ4v) is 3.94. The van der Waals surface area contributed by atoms with E-state index in [1.807, 2.05) is 0 Å². The van der Waals surface area contributed by atoms with Crippen LogP contribution in [0, 0.1) is 19.8 Å². The number of benzene rings is 1. The molecule has 0 saturated carbocycles. The lowest BCUT2D eigenvalue weighted by Gasteiger charge is -2.18. The van der Waals surface area contributed by atoms with Crippen LogP contribution in [0.1, 0.15) is 104 Å². The molecule has 0 fully saturated rings. The van der Waals surface area contributed by atoms with E-state index in [9.17, 15) is 0 Å². The first-order valence-corrected chi connectivity index (χ1v) is 14.5. The maximum Gasteiger partial charge on any atom is 0.151 e. The molecule has 1 aromatic rings. The average molecular weight is 516 g/mol. The molecule has 0 aliphatic heterocycles. The molecule has 1 unspecified atom stereocenters. The number of amidine groups is 1. The van der Waals surface area contributed by atoms with Crippen LogP contribution in [0.15, 0.2) is 86.7 Å². The van der Waals surface area contributed by atoms with Gasteiger partial charge in [-0.3, -0.25) is 9.98 Å². The molecule has 38 heavy (non-hydrogen) atoms. The van der Waals surface area contributed by atoms with Crippen LogP contribution in [0.5, 0.6) is 0 Å². The molecule has 0 aliphatic rings. The topological polar surface area (TPSA) is 36.8 Å². The number of aryl methyl sites for hydroxylation is 2. The zero-order valence-corrected chi connectivity index (χ0v) is 25.9. The predicted octanol–water partition coefficient (Wildman–Crippen LogP) is 10.1. The van der Waals surface area contributed by atoms with E-state index in [4.69, 9.17) is 9.98 Å². The fraction of sp³-hybridized carbons (Fsp3) is 0.486. The van der Waals surface area contributed by atoms with Crippen molar-refractivity contribution in [1.82, 2.24) is 5.32 Å². The monoisotopic (exact) mass is 515 g/mol. The number of nitrogens with one attached hydrogen (secondary N) is 1. The SMILES string of the molecule is C/C=C(\C=C(C)/C=C/CCC)C(=C\CCC)/NC(=NCc1cc(C)cc(C)c1)C(N=CC(C)CC)=C(C)C. The first kappa shape index (κ1) is 33.1. The minimum atomic E-state index is 0.409. The normalized spacial score (nSPS) is 14.5. The molecular weight excluding hydrogens is 462 g/mol. The summed E-state index contributed by atoms with van der Waals surface area (Å²) in [5.41, 5.74) is 9.27. The Morgan fingerprint density at radius 1 is 0.974 bits per heavy atom. The minimum Gasteiger partial charge on any atom is -0.338 e. The van der Waals surface area contributed by atoms with E-state index in [1.165, 1.54) is 22.3 Å². The first-order valence-electron chi connectivity index (χ1n) is 14.5. The Bertz CT molecular complexity index is 1070. The average Bonchev–Trinajstić information content (AvgIpc) is 2.87. The number of aliphatic imine (C=N–C) groups is 2. The van der Waals surface area contributed by atoms with Gasteiger partial charge in [-0.05, 0) is 83.4 Å². The van der Waals surface area contributed by atoms with Gasteiger partial charge in [-0.1, -0.05) is 106 Å². The zero-order chi connectivity index (χ0) is 28.5. The van der Waals surface area contributed by atoms with Gasteiger partial charge in [-0.25, -0.2) is 0 Å². The Morgan fingerprint density at radius 2 is 1.63 bits per heavy atom. The van der Waals surface area contributed by atoms with Crippen LogP contribution < -0.4 is 5.32 Å². The van der Waals surface area contributed by atoms with Crippen molar-refractivity contribution in [2.75, 3.05) is 0 Å². The molecule has 0 amide bonds. The van der Waals surface area contributed by atoms with Crippen molar-refractivity contribution in [3.8, 4) is 0 Å². The smallest absolute Gasteiger partial charge is 0.151 e. The molecule has 1 N–H and O–H groups in total. The summed E-state index contributed by atoms with van der Waals surface area (Å²) in [4.78, 5) is 10.1. The van der Waals surface area contributed by atoms with E-state index in [0.29, 0.717) is 12.5 Å². The van der Waals surface area contributed by atoms with Gasteiger partial charge in [0.2, 0.25) is 0 Å². The van der Waals surface area contributed by atoms with Gasteiger partial charge in [0, 0.05) is 11.9 Å². The molecule has 1 rings (SSSR count). The maximum atomic E-state index is 5.14. The lowest BCUT2D eigenvalue weighted by molar-refractivity contribution is 0.754. The van der Waals surface area contributed by atoms with Crippen molar-refractivity contribution in [2.45, 2.75) is 108 Å². The molecule has 0 aliphatic carbocycles. The number of hydrogen-bond donors (Lipinski definition) is 1. The van der Waals surface area contributed by atoms with Gasteiger partial charge in [0.1, 0.15) is 5.70 Å². The van der Waals surface area contributed by atoms with Gasteiger partial charge in [0.15, 0.2) is 5.84 Å². The third-order valence-electron chi connectivity index (χ3n) is 6.23. The van der Waals surface area contributed by atoms with E-state index in [2.05, 4.69) is 129 Å². The Hall–Kier alpha value is -2.94. The molecule has 0 radical (unpaired) electrons. The highest BCUT2D eigenvalue weighted by atomic mass is 15.0. The van der Waals surface area contributed by atoms with Gasteiger partial charge in [-0.2, -0.15) is 0 Å². The fourth-order valence-electron chi connectivity index (χ4n) is 3.94. The van der Waals surface area contributed by atoms with E-state index >= 15 is 0 Å². The molecule has 0 bridgehead atoms. The number of hydrogen-bond acceptors (Lipinski definition) is 2. The molecule has 3 nitrogen and oxygen atoms in total. The van der Waals surface area contributed by atoms with Crippen LogP contribution in [0.25, 0.3) is 0 Å². The predicted molar refractivity (Wildman–Crippen MR) is 171 cm³/mol. The molecule has 0 saturated heterocycles. The van der Waals surface area contributed by atoms with E-state index in [-0.39, 0.29) is 0 Å². The second kappa shape index (κ2) is 18.3. The lowest BCUT2D eigenvalue weighted by atomic mass is 10.1. The van der Waals surface area contributed by atoms with Crippen LogP contribution in [-0.2, 0) is 6.54 Å². The second-order valence-electron chi connectivity index (χ2n) is 10.5. The highest BCUT2D eigenvalue weighted by Gasteiger charge is 2.13. The molecule has 3 heteroatoms. The minimum absolute atomic E-state index is 0.409. The van der Waals surface area contributed by atoms with Gasteiger partial charge in [0.25, 0.3) is 0 Å². The van der Waals surface area contributed by atoms with Crippen LogP contribution in [-0.4, -0.2) is 12.1 Å². The van der Waals surface area contributed by atoms with E-state index in [1.54, 1.807) is 0 Å². The summed E-state index contributed by atoms with van der Waals surface area (Å²) in [5.74, 6) is 1.23. The van der Waals surface area contributed by atoms with Crippen molar-refractivity contribution in [1.29, 1.82) is 0 Å². The third-order valence-corrected chi connectivity index (χ3v) is 6.23. The van der Waals surface area contributed by atoms with Gasteiger partial charge < -0.3 is 5.32 Å². The largest absolute Gasteiger partial charge is 0.338 e. The number of nitrogens with zero attached hydrogens (tertiary/aromatic N) is 2. The highest BCUT2D eigenvalue weighted by Crippen LogP contribution is 2.18. The summed E-state index contributed by atoms with van der Waals surface area (Å²) < 4.78 is 0. The number of rotatable bonds is 14. The molecular formula is C35H53N3. The highest BCUT2D eigenvalue weighted by molar-refractivity contribution is 6.01. The molecule has 208 valence electrons. The van der Waals surface area contributed by atoms with Crippen molar-refractivity contribution in [3.05, 3.63) is 93.4 Å². The van der Waals surface area contributed by atoms with Crippen LogP contribution in [0.3, 0.4) is 0 Å². The van der Waals surface area contributed by atoms with Crippen molar-refractivity contribution in [2.24, 2.45) is 15.9 Å². The molecule has 1 aromatic carbocycles. The Balaban J connectivity index is 3.59. The third kappa shape index (κ3) is 12.5. The van der Waals surface area contributed by atoms with Crippen molar-refractivity contribution < 1.29 is 0 Å². The van der Waals surface area contributed by atoms with Crippen molar-refractivity contribution >= 4 is 12.1 Å². The van der Waals surface area contributed by atoms with Crippen molar-refractivity contribution in [3.63, 3.8) is 0 Å². The van der Waals surface area contributed by atoms with E-state index < -0.39 is 0 Å². The molecule has 0 spiro atoms. The second-order valence-corrected chi connectivity index (χ2v) is 10.5. The summed E-state index contributed by atoms with van der Waals surface area (Å²) in [7, 11) is 0. The van der Waals surface area contributed by atoms with Gasteiger partial charge in [0.05, 0.1) is 6.54 Å². The molecule has 0 aromatic heterocycles. The number of allylic oxidation sites excluding steroid dienone is 7. The van der Waals surface area contributed by atoms with Gasteiger partial charge >= 0.3 is 0 Å². The van der Waals surface area contributed by atoms with Crippen LogP contribution >= 0.6 is 0 Å². The quantitative estimate of drug-likeness (QED) is 0.149. The van der Waals surface area contributed by atoms with Crippen LogP contribution in [0.4, 0.5) is 0 Å². The zero-order valence-electron chi connectivity index (χ0n) is 25.9. The summed E-state index contributed by atoms with van der Waals surface area (Å²) in [6.45, 7) is 22.2. The van der Waals surface area contributed by atoms with Gasteiger partial charge in [-0.15, -0.1) is 0 Å². The maximum absolute atomic E-state index is 5.14. The standard InChI is InChI=1S/C35H53N3/c1-11-15-17-18-28(8)23-32(14-4)33(19-16-12-2)38-35(34(26(5)6)36-24-27(7)13-3)37-25-31-21-29(9)20-30(10)22-31/h14,17-24,27H,11-13,15-16,25H2,1-10H3,(H,37,38)/b18-17+,28-23-,32-14+,33-19+,36-24?.